The molecule has 0 saturated carbocycles. The molecule has 7 heteroatoms. The van der Waals surface area contributed by atoms with Crippen LogP contribution in [-0.4, -0.2) is 26.2 Å². The Labute approximate surface area is 121 Å². The summed E-state index contributed by atoms with van der Waals surface area (Å²) in [5.41, 5.74) is 5.69. The summed E-state index contributed by atoms with van der Waals surface area (Å²) in [7, 11) is 1.61. The highest BCUT2D eigenvalue weighted by molar-refractivity contribution is 6.00. The average molecular weight is 304 g/mol. The molecular formula is C14H19F3N2O2. The van der Waals surface area contributed by atoms with E-state index in [1.807, 2.05) is 0 Å². The Morgan fingerprint density at radius 3 is 2.38 bits per heavy atom. The van der Waals surface area contributed by atoms with Gasteiger partial charge in [-0.1, -0.05) is 17.3 Å². The third-order valence-electron chi connectivity index (χ3n) is 2.81. The predicted octanol–water partition coefficient (Wildman–Crippen LogP) is 3.16. The fourth-order valence-electron chi connectivity index (χ4n) is 1.75. The quantitative estimate of drug-likeness (QED) is 0.347. The SMILES string of the molecule is COCCCC/C(=N/OCN)c1ccc(C(F)(F)F)cc1. The first-order valence-corrected chi connectivity index (χ1v) is 6.54. The highest BCUT2D eigenvalue weighted by atomic mass is 19.4. The van der Waals surface area contributed by atoms with Crippen molar-refractivity contribution < 1.29 is 22.7 Å². The molecule has 1 rings (SSSR count). The maximum Gasteiger partial charge on any atom is 0.416 e. The Kier molecular flexibility index (Phi) is 7.18. The van der Waals surface area contributed by atoms with Crippen LogP contribution in [0.3, 0.4) is 0 Å². The molecule has 0 aromatic heterocycles. The van der Waals surface area contributed by atoms with Crippen molar-refractivity contribution >= 4 is 5.71 Å². The second-order valence-electron chi connectivity index (χ2n) is 4.36. The summed E-state index contributed by atoms with van der Waals surface area (Å²) in [4.78, 5) is 4.82. The Hall–Kier alpha value is -1.60. The van der Waals surface area contributed by atoms with Crippen molar-refractivity contribution in [1.29, 1.82) is 0 Å². The van der Waals surface area contributed by atoms with Gasteiger partial charge in [-0.05, 0) is 37.0 Å². The van der Waals surface area contributed by atoms with Crippen molar-refractivity contribution in [1.82, 2.24) is 0 Å². The minimum Gasteiger partial charge on any atom is -0.385 e. The topological polar surface area (TPSA) is 56.8 Å². The molecule has 4 nitrogen and oxygen atoms in total. The monoisotopic (exact) mass is 304 g/mol. The third kappa shape index (κ3) is 6.14. The van der Waals surface area contributed by atoms with E-state index in [-0.39, 0.29) is 6.73 Å². The van der Waals surface area contributed by atoms with E-state index >= 15 is 0 Å². The number of methoxy groups -OCH3 is 1. The molecule has 0 unspecified atom stereocenters. The van der Waals surface area contributed by atoms with Gasteiger partial charge in [-0.3, -0.25) is 5.73 Å². The highest BCUT2D eigenvalue weighted by Crippen LogP contribution is 2.29. The molecule has 0 amide bonds. The zero-order chi connectivity index (χ0) is 15.7. The Bertz CT molecular complexity index is 445. The Morgan fingerprint density at radius 2 is 1.86 bits per heavy atom. The number of rotatable bonds is 8. The zero-order valence-corrected chi connectivity index (χ0v) is 11.8. The number of oxime groups is 1. The second kappa shape index (κ2) is 8.63. The van der Waals surface area contributed by atoms with Crippen LogP contribution >= 0.6 is 0 Å². The first-order chi connectivity index (χ1) is 9.99. The van der Waals surface area contributed by atoms with E-state index < -0.39 is 11.7 Å². The molecule has 0 radical (unpaired) electrons. The largest absolute Gasteiger partial charge is 0.416 e. The standard InChI is InChI=1S/C14H19F3N2O2/c1-20-9-3-2-4-13(19-21-10-18)11-5-7-12(8-6-11)14(15,16)17/h5-8H,2-4,9-10,18H2,1H3/b19-13-. The van der Waals surface area contributed by atoms with Crippen molar-refractivity contribution in [2.75, 3.05) is 20.4 Å². The number of hydrogen-bond donors (Lipinski definition) is 1. The molecule has 21 heavy (non-hydrogen) atoms. The number of halogens is 3. The molecule has 0 spiro atoms. The Morgan fingerprint density at radius 1 is 1.19 bits per heavy atom. The van der Waals surface area contributed by atoms with Gasteiger partial charge in [0.1, 0.15) is 0 Å². The lowest BCUT2D eigenvalue weighted by Gasteiger charge is -2.09. The molecule has 1 aromatic carbocycles. The van der Waals surface area contributed by atoms with E-state index in [9.17, 15) is 13.2 Å². The number of benzene rings is 1. The molecular weight excluding hydrogens is 285 g/mol. The van der Waals surface area contributed by atoms with E-state index in [0.29, 0.717) is 24.3 Å². The van der Waals surface area contributed by atoms with Crippen LogP contribution in [0.1, 0.15) is 30.4 Å². The van der Waals surface area contributed by atoms with Gasteiger partial charge < -0.3 is 9.57 Å². The molecule has 0 aliphatic rings. The van der Waals surface area contributed by atoms with Gasteiger partial charge in [-0.15, -0.1) is 0 Å². The molecule has 0 fully saturated rings. The smallest absolute Gasteiger partial charge is 0.385 e. The first kappa shape index (κ1) is 17.5. The lowest BCUT2D eigenvalue weighted by Crippen LogP contribution is -2.08. The van der Waals surface area contributed by atoms with Crippen molar-refractivity contribution in [2.45, 2.75) is 25.4 Å². The van der Waals surface area contributed by atoms with Crippen LogP contribution in [0, 0.1) is 0 Å². The number of unbranched alkanes of at least 4 members (excludes halogenated alkanes) is 1. The summed E-state index contributed by atoms with van der Waals surface area (Å²) >= 11 is 0. The van der Waals surface area contributed by atoms with Crippen molar-refractivity contribution in [2.24, 2.45) is 10.9 Å². The van der Waals surface area contributed by atoms with Gasteiger partial charge in [0.25, 0.3) is 0 Å². The minimum absolute atomic E-state index is 0.0811. The van der Waals surface area contributed by atoms with Crippen molar-refractivity contribution in [3.05, 3.63) is 35.4 Å². The van der Waals surface area contributed by atoms with Crippen LogP contribution < -0.4 is 5.73 Å². The van der Waals surface area contributed by atoms with Gasteiger partial charge in [-0.25, -0.2) is 0 Å². The van der Waals surface area contributed by atoms with Gasteiger partial charge in [0.2, 0.25) is 0 Å². The molecule has 0 bridgehead atoms. The molecule has 0 aliphatic heterocycles. The molecule has 0 aliphatic carbocycles. The lowest BCUT2D eigenvalue weighted by atomic mass is 10.0. The Balaban J connectivity index is 2.78. The predicted molar refractivity (Wildman–Crippen MR) is 73.8 cm³/mol. The fraction of sp³-hybridized carbons (Fsp3) is 0.500. The summed E-state index contributed by atoms with van der Waals surface area (Å²) in [5, 5.41) is 3.87. The maximum absolute atomic E-state index is 12.5. The number of alkyl halides is 3. The van der Waals surface area contributed by atoms with Crippen LogP contribution in [0.15, 0.2) is 29.4 Å². The van der Waals surface area contributed by atoms with Gasteiger partial charge in [0, 0.05) is 13.7 Å². The van der Waals surface area contributed by atoms with Gasteiger partial charge >= 0.3 is 6.18 Å². The first-order valence-electron chi connectivity index (χ1n) is 6.54. The van der Waals surface area contributed by atoms with E-state index in [1.54, 1.807) is 7.11 Å². The van der Waals surface area contributed by atoms with Crippen LogP contribution in [0.2, 0.25) is 0 Å². The van der Waals surface area contributed by atoms with E-state index in [1.165, 1.54) is 12.1 Å². The molecule has 2 N–H and O–H groups in total. The van der Waals surface area contributed by atoms with Gasteiger partial charge in [0.05, 0.1) is 11.3 Å². The fourth-order valence-corrected chi connectivity index (χ4v) is 1.75. The molecule has 0 saturated heterocycles. The third-order valence-corrected chi connectivity index (χ3v) is 2.81. The lowest BCUT2D eigenvalue weighted by molar-refractivity contribution is -0.137. The van der Waals surface area contributed by atoms with Crippen LogP contribution in [0.4, 0.5) is 13.2 Å². The number of hydrogen-bond acceptors (Lipinski definition) is 4. The van der Waals surface area contributed by atoms with Crippen molar-refractivity contribution in [3.8, 4) is 0 Å². The second-order valence-corrected chi connectivity index (χ2v) is 4.36. The average Bonchev–Trinajstić information content (AvgIpc) is 2.46. The zero-order valence-electron chi connectivity index (χ0n) is 11.8. The van der Waals surface area contributed by atoms with Gasteiger partial charge in [-0.2, -0.15) is 13.2 Å². The summed E-state index contributed by atoms with van der Waals surface area (Å²) < 4.78 is 42.5. The summed E-state index contributed by atoms with van der Waals surface area (Å²) in [6.45, 7) is 0.542. The summed E-state index contributed by atoms with van der Waals surface area (Å²) in [6, 6.07) is 4.83. The number of ether oxygens (including phenoxy) is 1. The number of nitrogens with zero attached hydrogens (tertiary/aromatic N) is 1. The maximum atomic E-state index is 12.5. The van der Waals surface area contributed by atoms with Crippen LogP contribution in [0.5, 0.6) is 0 Å². The minimum atomic E-state index is -4.35. The normalized spacial score (nSPS) is 12.5. The summed E-state index contributed by atoms with van der Waals surface area (Å²) in [6.07, 6.45) is -2.14. The highest BCUT2D eigenvalue weighted by Gasteiger charge is 2.30. The molecule has 0 atom stereocenters. The van der Waals surface area contributed by atoms with Crippen LogP contribution in [0.25, 0.3) is 0 Å². The van der Waals surface area contributed by atoms with E-state index in [4.69, 9.17) is 15.3 Å². The molecule has 0 heterocycles. The summed E-state index contributed by atoms with van der Waals surface area (Å²) in [5.74, 6) is 0. The van der Waals surface area contributed by atoms with E-state index in [0.717, 1.165) is 25.0 Å². The van der Waals surface area contributed by atoms with E-state index in [2.05, 4.69) is 5.16 Å². The van der Waals surface area contributed by atoms with Gasteiger partial charge in [0.15, 0.2) is 6.73 Å². The van der Waals surface area contributed by atoms with Crippen molar-refractivity contribution in [3.63, 3.8) is 0 Å². The molecule has 118 valence electrons. The van der Waals surface area contributed by atoms with Crippen LogP contribution in [-0.2, 0) is 15.8 Å². The number of nitrogens with two attached hydrogens (primary N) is 1. The molecule has 1 aromatic rings.